The smallest absolute Gasteiger partial charge is 0.169 e. The first-order valence-electron chi connectivity index (χ1n) is 4.92. The Labute approximate surface area is 90.6 Å². The van der Waals surface area contributed by atoms with Crippen molar-refractivity contribution >= 4 is 0 Å². The Hall–Kier alpha value is -0.370. The van der Waals surface area contributed by atoms with Crippen LogP contribution in [0.1, 0.15) is 38.1 Å². The van der Waals surface area contributed by atoms with Crippen LogP contribution in [0.25, 0.3) is 0 Å². The quantitative estimate of drug-likeness (QED) is 0.584. The molecule has 13 heavy (non-hydrogen) atoms. The lowest BCUT2D eigenvalue weighted by Crippen LogP contribution is -3.00. The lowest BCUT2D eigenvalue weighted by atomic mass is 9.95. The van der Waals surface area contributed by atoms with Gasteiger partial charge in [-0.3, -0.25) is 0 Å². The second-order valence-corrected chi connectivity index (χ2v) is 3.61. The summed E-state index contributed by atoms with van der Waals surface area (Å²) in [6.45, 7) is 0. The summed E-state index contributed by atoms with van der Waals surface area (Å²) in [4.78, 5) is 0. The Morgan fingerprint density at radius 3 is 2.08 bits per heavy atom. The van der Waals surface area contributed by atoms with Crippen LogP contribution in [-0.2, 0) is 0 Å². The van der Waals surface area contributed by atoms with Crippen molar-refractivity contribution in [1.82, 2.24) is 0 Å². The molecule has 1 heterocycles. The molecular formula is C11H16BrN. The molecule has 1 aromatic rings. The van der Waals surface area contributed by atoms with Crippen LogP contribution in [0.15, 0.2) is 30.6 Å². The zero-order chi connectivity index (χ0) is 8.23. The van der Waals surface area contributed by atoms with Crippen molar-refractivity contribution in [3.05, 3.63) is 30.6 Å². The summed E-state index contributed by atoms with van der Waals surface area (Å²) in [5, 5.41) is 0. The van der Waals surface area contributed by atoms with Gasteiger partial charge in [0.05, 0.1) is 0 Å². The van der Waals surface area contributed by atoms with Gasteiger partial charge in [-0.25, -0.2) is 4.57 Å². The lowest BCUT2D eigenvalue weighted by Gasteiger charge is -2.16. The number of nitrogens with zero attached hydrogens (tertiary/aromatic N) is 1. The van der Waals surface area contributed by atoms with Crippen LogP contribution in [0.4, 0.5) is 0 Å². The van der Waals surface area contributed by atoms with E-state index in [2.05, 4.69) is 35.2 Å². The van der Waals surface area contributed by atoms with Crippen molar-refractivity contribution in [2.45, 2.75) is 38.1 Å². The average Bonchev–Trinajstić information content (AvgIpc) is 2.21. The molecular weight excluding hydrogens is 226 g/mol. The maximum absolute atomic E-state index is 2.36. The minimum atomic E-state index is 0. The minimum Gasteiger partial charge on any atom is -1.00 e. The maximum atomic E-state index is 2.36. The molecule has 1 aliphatic carbocycles. The first kappa shape index (κ1) is 10.7. The summed E-state index contributed by atoms with van der Waals surface area (Å²) in [7, 11) is 0. The summed E-state index contributed by atoms with van der Waals surface area (Å²) in [5.74, 6) is 0. The molecule has 0 unspecified atom stereocenters. The molecule has 1 saturated carbocycles. The van der Waals surface area contributed by atoms with Crippen LogP contribution in [0.2, 0.25) is 0 Å². The molecule has 1 aromatic heterocycles. The summed E-state index contributed by atoms with van der Waals surface area (Å²) in [6, 6.07) is 7.10. The molecule has 2 heteroatoms. The van der Waals surface area contributed by atoms with Crippen LogP contribution in [0.5, 0.6) is 0 Å². The maximum Gasteiger partial charge on any atom is 0.169 e. The van der Waals surface area contributed by atoms with Crippen LogP contribution < -0.4 is 21.5 Å². The Morgan fingerprint density at radius 2 is 1.46 bits per heavy atom. The highest BCUT2D eigenvalue weighted by atomic mass is 79.9. The fourth-order valence-electron chi connectivity index (χ4n) is 2.03. The first-order valence-corrected chi connectivity index (χ1v) is 4.92. The molecule has 1 aliphatic rings. The molecule has 72 valence electrons. The second kappa shape index (κ2) is 5.38. The van der Waals surface area contributed by atoms with Crippen LogP contribution >= 0.6 is 0 Å². The largest absolute Gasteiger partial charge is 1.00 e. The van der Waals surface area contributed by atoms with E-state index < -0.39 is 0 Å². The fourth-order valence-corrected chi connectivity index (χ4v) is 2.03. The van der Waals surface area contributed by atoms with Crippen LogP contribution in [-0.4, -0.2) is 0 Å². The van der Waals surface area contributed by atoms with Gasteiger partial charge in [-0.2, -0.15) is 0 Å². The number of halogens is 1. The highest BCUT2D eigenvalue weighted by Crippen LogP contribution is 2.22. The molecule has 1 fully saturated rings. The molecule has 0 atom stereocenters. The minimum absolute atomic E-state index is 0. The van der Waals surface area contributed by atoms with E-state index in [1.54, 1.807) is 0 Å². The average molecular weight is 242 g/mol. The van der Waals surface area contributed by atoms with Gasteiger partial charge in [-0.05, 0) is 12.8 Å². The Bertz CT molecular complexity index is 229. The van der Waals surface area contributed by atoms with Crippen molar-refractivity contribution in [3.8, 4) is 0 Å². The molecule has 2 rings (SSSR count). The van der Waals surface area contributed by atoms with Gasteiger partial charge in [0.1, 0.15) is 0 Å². The third-order valence-electron chi connectivity index (χ3n) is 2.73. The molecule has 0 aromatic carbocycles. The van der Waals surface area contributed by atoms with Gasteiger partial charge in [0, 0.05) is 25.0 Å². The van der Waals surface area contributed by atoms with Crippen molar-refractivity contribution in [3.63, 3.8) is 0 Å². The van der Waals surface area contributed by atoms with Gasteiger partial charge in [0.25, 0.3) is 0 Å². The van der Waals surface area contributed by atoms with Gasteiger partial charge in [0.15, 0.2) is 18.4 Å². The van der Waals surface area contributed by atoms with Gasteiger partial charge in [0.2, 0.25) is 0 Å². The summed E-state index contributed by atoms with van der Waals surface area (Å²) in [5.41, 5.74) is 0. The van der Waals surface area contributed by atoms with Crippen molar-refractivity contribution in [2.75, 3.05) is 0 Å². The highest BCUT2D eigenvalue weighted by molar-refractivity contribution is 4.84. The number of aromatic nitrogens is 1. The zero-order valence-electron chi connectivity index (χ0n) is 7.82. The Balaban J connectivity index is 0.000000845. The molecule has 0 aliphatic heterocycles. The summed E-state index contributed by atoms with van der Waals surface area (Å²) < 4.78 is 2.36. The zero-order valence-corrected chi connectivity index (χ0v) is 9.41. The van der Waals surface area contributed by atoms with Crippen molar-refractivity contribution in [1.29, 1.82) is 0 Å². The van der Waals surface area contributed by atoms with Crippen LogP contribution in [0, 0.1) is 0 Å². The van der Waals surface area contributed by atoms with E-state index in [0.29, 0.717) is 0 Å². The van der Waals surface area contributed by atoms with Gasteiger partial charge in [-0.1, -0.05) is 12.5 Å². The van der Waals surface area contributed by atoms with E-state index in [1.165, 1.54) is 32.1 Å². The summed E-state index contributed by atoms with van der Waals surface area (Å²) in [6.07, 6.45) is 11.4. The topological polar surface area (TPSA) is 3.88 Å². The van der Waals surface area contributed by atoms with E-state index >= 15 is 0 Å². The van der Waals surface area contributed by atoms with E-state index in [0.717, 1.165) is 6.04 Å². The van der Waals surface area contributed by atoms with E-state index in [1.807, 2.05) is 0 Å². The Kier molecular flexibility index (Phi) is 4.43. The number of hydrogen-bond donors (Lipinski definition) is 0. The standard InChI is InChI=1S/C11H16N.BrH/c1-3-7-11(8-4-1)12-9-5-2-6-10-12;/h2,5-6,9-11H,1,3-4,7-8H2;1H/q+1;/p-1. The highest BCUT2D eigenvalue weighted by Gasteiger charge is 2.20. The third-order valence-corrected chi connectivity index (χ3v) is 2.73. The number of hydrogen-bond acceptors (Lipinski definition) is 0. The van der Waals surface area contributed by atoms with E-state index in [9.17, 15) is 0 Å². The summed E-state index contributed by atoms with van der Waals surface area (Å²) >= 11 is 0. The van der Waals surface area contributed by atoms with Gasteiger partial charge >= 0.3 is 0 Å². The fraction of sp³-hybridized carbons (Fsp3) is 0.545. The molecule has 0 bridgehead atoms. The van der Waals surface area contributed by atoms with Crippen molar-refractivity contribution < 1.29 is 21.5 Å². The van der Waals surface area contributed by atoms with Crippen LogP contribution in [0.3, 0.4) is 0 Å². The monoisotopic (exact) mass is 241 g/mol. The van der Waals surface area contributed by atoms with Gasteiger partial charge < -0.3 is 17.0 Å². The molecule has 0 radical (unpaired) electrons. The second-order valence-electron chi connectivity index (χ2n) is 3.61. The molecule has 0 N–H and O–H groups in total. The predicted octanol–water partition coefficient (Wildman–Crippen LogP) is -0.517. The first-order chi connectivity index (χ1) is 5.97. The third kappa shape index (κ3) is 2.80. The van der Waals surface area contributed by atoms with E-state index in [4.69, 9.17) is 0 Å². The number of rotatable bonds is 1. The normalized spacial score (nSPS) is 17.8. The Morgan fingerprint density at radius 1 is 0.846 bits per heavy atom. The van der Waals surface area contributed by atoms with Gasteiger partial charge in [-0.15, -0.1) is 0 Å². The molecule has 0 spiro atoms. The predicted molar refractivity (Wildman–Crippen MR) is 48.8 cm³/mol. The SMILES string of the molecule is [Br-].c1cc[n+](C2CCCCC2)cc1. The molecule has 0 amide bonds. The molecule has 0 saturated heterocycles. The van der Waals surface area contributed by atoms with E-state index in [-0.39, 0.29) is 17.0 Å². The molecule has 1 nitrogen and oxygen atoms in total. The lowest BCUT2D eigenvalue weighted by molar-refractivity contribution is -0.725. The van der Waals surface area contributed by atoms with Crippen molar-refractivity contribution in [2.24, 2.45) is 0 Å². The number of pyridine rings is 1.